The molecule has 1 heterocycles. The molecule has 0 aliphatic carbocycles. The second-order valence-electron chi connectivity index (χ2n) is 4.64. The first-order chi connectivity index (χ1) is 11.5. The van der Waals surface area contributed by atoms with Gasteiger partial charge in [0.1, 0.15) is 11.4 Å². The van der Waals surface area contributed by atoms with Crippen LogP contribution in [0.4, 0.5) is 0 Å². The van der Waals surface area contributed by atoms with Crippen LogP contribution in [0.2, 0.25) is 0 Å². The number of hydrogen-bond acceptors (Lipinski definition) is 6. The average Bonchev–Trinajstić information content (AvgIpc) is 2.54. The highest BCUT2D eigenvalue weighted by atomic mass is 79.9. The van der Waals surface area contributed by atoms with Gasteiger partial charge in [0.15, 0.2) is 0 Å². The van der Waals surface area contributed by atoms with Crippen molar-refractivity contribution in [1.82, 2.24) is 20.6 Å². The van der Waals surface area contributed by atoms with E-state index in [0.717, 1.165) is 10.0 Å². The monoisotopic (exact) mass is 395 g/mol. The molecule has 1 amide bonds. The Balaban J connectivity index is 1.87. The minimum absolute atomic E-state index is 0.00572. The van der Waals surface area contributed by atoms with Crippen LogP contribution in [0.25, 0.3) is 0 Å². The molecule has 10 heteroatoms. The molecule has 0 bridgehead atoms. The van der Waals surface area contributed by atoms with E-state index >= 15 is 0 Å². The summed E-state index contributed by atoms with van der Waals surface area (Å²) in [6.45, 7) is 0. The molecule has 0 fully saturated rings. The standard InChI is InChI=1S/C14H14BrN5O4/c1-24-11-4-2-8(6-9(11)15)7-16-19-12(21)5-3-10-13(22)17-14(23)20-18-10/h2,4,6-7H,3,5H2,1H3,(H,19,21)(H2,17,20,22,23)/b16-7-. The molecule has 0 spiro atoms. The molecule has 0 aliphatic rings. The molecular weight excluding hydrogens is 382 g/mol. The molecule has 0 atom stereocenters. The molecular formula is C14H14BrN5O4. The van der Waals surface area contributed by atoms with Gasteiger partial charge in [-0.1, -0.05) is 0 Å². The summed E-state index contributed by atoms with van der Waals surface area (Å²) < 4.78 is 5.88. The van der Waals surface area contributed by atoms with Gasteiger partial charge in [0.2, 0.25) is 5.91 Å². The van der Waals surface area contributed by atoms with Gasteiger partial charge in [-0.2, -0.15) is 10.2 Å². The Kier molecular flexibility index (Phi) is 6.01. The summed E-state index contributed by atoms with van der Waals surface area (Å²) in [7, 11) is 1.57. The summed E-state index contributed by atoms with van der Waals surface area (Å²) >= 11 is 3.35. The van der Waals surface area contributed by atoms with E-state index in [9.17, 15) is 14.4 Å². The summed E-state index contributed by atoms with van der Waals surface area (Å²) in [4.78, 5) is 36.0. The number of methoxy groups -OCH3 is 1. The molecule has 1 aromatic carbocycles. The van der Waals surface area contributed by atoms with Gasteiger partial charge in [-0.15, -0.1) is 0 Å². The Bertz CT molecular complexity index is 874. The third kappa shape index (κ3) is 4.88. The summed E-state index contributed by atoms with van der Waals surface area (Å²) in [6.07, 6.45) is 1.57. The van der Waals surface area contributed by atoms with Crippen molar-refractivity contribution in [3.8, 4) is 5.75 Å². The van der Waals surface area contributed by atoms with Gasteiger partial charge >= 0.3 is 5.69 Å². The number of hydrogen-bond donors (Lipinski definition) is 3. The average molecular weight is 396 g/mol. The number of ether oxygens (including phenoxy) is 1. The lowest BCUT2D eigenvalue weighted by Crippen LogP contribution is -2.28. The quantitative estimate of drug-likeness (QED) is 0.478. The van der Waals surface area contributed by atoms with Crippen molar-refractivity contribution >= 4 is 28.1 Å². The van der Waals surface area contributed by atoms with E-state index in [1.165, 1.54) is 6.21 Å². The van der Waals surface area contributed by atoms with E-state index in [0.29, 0.717) is 5.75 Å². The predicted molar refractivity (Wildman–Crippen MR) is 90.2 cm³/mol. The molecule has 2 rings (SSSR count). The summed E-state index contributed by atoms with van der Waals surface area (Å²) in [5, 5.41) is 9.53. The molecule has 2 aromatic rings. The van der Waals surface area contributed by atoms with Crippen LogP contribution >= 0.6 is 15.9 Å². The number of halogens is 1. The van der Waals surface area contributed by atoms with Crippen LogP contribution < -0.4 is 21.4 Å². The van der Waals surface area contributed by atoms with Crippen LogP contribution in [0, 0.1) is 0 Å². The van der Waals surface area contributed by atoms with Gasteiger partial charge in [-0.3, -0.25) is 14.6 Å². The van der Waals surface area contributed by atoms with Crippen molar-refractivity contribution in [3.63, 3.8) is 0 Å². The number of rotatable bonds is 6. The fourth-order valence-corrected chi connectivity index (χ4v) is 2.33. The number of aromatic nitrogens is 3. The third-order valence-corrected chi connectivity index (χ3v) is 3.57. The van der Waals surface area contributed by atoms with Gasteiger partial charge in [-0.25, -0.2) is 15.3 Å². The van der Waals surface area contributed by atoms with Crippen molar-refractivity contribution in [2.24, 2.45) is 5.10 Å². The Morgan fingerprint density at radius 3 is 2.92 bits per heavy atom. The number of amides is 1. The second-order valence-corrected chi connectivity index (χ2v) is 5.50. The number of H-pyrrole nitrogens is 2. The van der Waals surface area contributed by atoms with E-state index in [-0.39, 0.29) is 24.4 Å². The predicted octanol–water partition coefficient (Wildman–Crippen LogP) is 0.312. The topological polar surface area (TPSA) is 129 Å². The van der Waals surface area contributed by atoms with Gasteiger partial charge < -0.3 is 4.74 Å². The van der Waals surface area contributed by atoms with Crippen LogP contribution in [0.5, 0.6) is 5.75 Å². The highest BCUT2D eigenvalue weighted by Crippen LogP contribution is 2.24. The maximum atomic E-state index is 11.7. The number of carbonyl (C=O) groups excluding carboxylic acids is 1. The Hall–Kier alpha value is -2.75. The Labute approximate surface area is 144 Å². The minimum Gasteiger partial charge on any atom is -0.496 e. The number of nitrogens with zero attached hydrogens (tertiary/aromatic N) is 2. The number of carbonyl (C=O) groups is 1. The summed E-state index contributed by atoms with van der Waals surface area (Å²) in [5.74, 6) is 0.307. The molecule has 0 unspecified atom stereocenters. The molecule has 0 saturated carbocycles. The largest absolute Gasteiger partial charge is 0.496 e. The summed E-state index contributed by atoms with van der Waals surface area (Å²) in [5.41, 5.74) is 1.89. The Morgan fingerprint density at radius 1 is 1.46 bits per heavy atom. The van der Waals surface area contributed by atoms with Gasteiger partial charge in [-0.05, 0) is 39.7 Å². The molecule has 3 N–H and O–H groups in total. The fourth-order valence-electron chi connectivity index (χ4n) is 1.77. The third-order valence-electron chi connectivity index (χ3n) is 2.95. The first-order valence-electron chi connectivity index (χ1n) is 6.83. The molecule has 0 saturated heterocycles. The van der Waals surface area contributed by atoms with Gasteiger partial charge in [0.25, 0.3) is 5.56 Å². The van der Waals surface area contributed by atoms with Crippen molar-refractivity contribution in [3.05, 3.63) is 54.8 Å². The zero-order valence-corrected chi connectivity index (χ0v) is 14.2. The van der Waals surface area contributed by atoms with Gasteiger partial charge in [0, 0.05) is 12.8 Å². The van der Waals surface area contributed by atoms with Crippen LogP contribution in [-0.4, -0.2) is 34.4 Å². The smallest absolute Gasteiger partial charge is 0.342 e. The van der Waals surface area contributed by atoms with Crippen molar-refractivity contribution < 1.29 is 9.53 Å². The zero-order valence-electron chi connectivity index (χ0n) is 12.6. The van der Waals surface area contributed by atoms with Gasteiger partial charge in [0.05, 0.1) is 17.8 Å². The Morgan fingerprint density at radius 2 is 2.25 bits per heavy atom. The molecule has 126 valence electrons. The van der Waals surface area contributed by atoms with E-state index in [2.05, 4.69) is 36.7 Å². The highest BCUT2D eigenvalue weighted by Gasteiger charge is 2.06. The van der Waals surface area contributed by atoms with Crippen molar-refractivity contribution in [1.29, 1.82) is 0 Å². The van der Waals surface area contributed by atoms with E-state index < -0.39 is 11.2 Å². The molecule has 1 aromatic heterocycles. The minimum atomic E-state index is -0.691. The SMILES string of the molecule is COc1ccc(/C=N\NC(=O)CCc2n[nH]c(=O)[nH]c2=O)cc1Br. The van der Waals surface area contributed by atoms with E-state index in [1.807, 2.05) is 4.98 Å². The fraction of sp³-hybridized carbons (Fsp3) is 0.214. The van der Waals surface area contributed by atoms with Crippen molar-refractivity contribution in [2.75, 3.05) is 7.11 Å². The summed E-state index contributed by atoms with van der Waals surface area (Å²) in [6, 6.07) is 5.34. The molecule has 0 radical (unpaired) electrons. The molecule has 9 nitrogen and oxygen atoms in total. The number of nitrogens with one attached hydrogen (secondary N) is 3. The zero-order chi connectivity index (χ0) is 17.5. The van der Waals surface area contributed by atoms with E-state index in [1.54, 1.807) is 25.3 Å². The first kappa shape index (κ1) is 17.6. The van der Waals surface area contributed by atoms with Crippen LogP contribution in [0.3, 0.4) is 0 Å². The number of aromatic amines is 2. The first-order valence-corrected chi connectivity index (χ1v) is 7.62. The molecule has 0 aliphatic heterocycles. The van der Waals surface area contributed by atoms with E-state index in [4.69, 9.17) is 4.74 Å². The lowest BCUT2D eigenvalue weighted by molar-refractivity contribution is -0.121. The number of hydrazone groups is 1. The number of benzene rings is 1. The normalized spacial score (nSPS) is 10.8. The molecule has 24 heavy (non-hydrogen) atoms. The van der Waals surface area contributed by atoms with Crippen molar-refractivity contribution in [2.45, 2.75) is 12.8 Å². The van der Waals surface area contributed by atoms with Crippen LogP contribution in [0.1, 0.15) is 17.7 Å². The maximum absolute atomic E-state index is 11.7. The second kappa shape index (κ2) is 8.20. The lowest BCUT2D eigenvalue weighted by Gasteiger charge is -2.03. The highest BCUT2D eigenvalue weighted by molar-refractivity contribution is 9.10. The maximum Gasteiger partial charge on any atom is 0.342 e. The lowest BCUT2D eigenvalue weighted by atomic mass is 10.2. The van der Waals surface area contributed by atoms with Crippen LogP contribution in [0.15, 0.2) is 37.4 Å². The number of aryl methyl sites for hydroxylation is 1. The van der Waals surface area contributed by atoms with Crippen LogP contribution in [-0.2, 0) is 11.2 Å².